The van der Waals surface area contributed by atoms with Crippen LogP contribution in [0.25, 0.3) is 11.5 Å². The molecule has 2 fully saturated rings. The van der Waals surface area contributed by atoms with Crippen LogP contribution in [0.1, 0.15) is 51.5 Å². The molecule has 3 aromatic rings. The zero-order valence-corrected chi connectivity index (χ0v) is 24.1. The molecule has 4 heterocycles. The van der Waals surface area contributed by atoms with E-state index in [0.717, 1.165) is 57.8 Å². The standard InChI is InChI=1S/C28H35Cl2FN6O2/c1-4-21-17-36(25-23(30)13-19(15-32-25)26-33-34-27(39-26)28(2,3)38)11-12-37(21)22-7-9-35(10-8-22)16-18-5-6-20(29)14-24(18)31/h5-6,13-15,21-22,38H,4,7-12,16-17H2,1-3H3/t21-/m0/s1. The molecule has 2 aliphatic rings. The van der Waals surface area contributed by atoms with Crippen LogP contribution in [0, 0.1) is 5.82 Å². The van der Waals surface area contributed by atoms with Gasteiger partial charge in [0.25, 0.3) is 0 Å². The molecule has 210 valence electrons. The van der Waals surface area contributed by atoms with Gasteiger partial charge in [-0.3, -0.25) is 9.80 Å². The highest BCUT2D eigenvalue weighted by molar-refractivity contribution is 6.33. The molecule has 5 rings (SSSR count). The van der Waals surface area contributed by atoms with Crippen molar-refractivity contribution in [2.75, 3.05) is 37.6 Å². The molecule has 0 spiro atoms. The lowest BCUT2D eigenvalue weighted by Crippen LogP contribution is -2.58. The van der Waals surface area contributed by atoms with Gasteiger partial charge < -0.3 is 14.4 Å². The average Bonchev–Trinajstić information content (AvgIpc) is 3.42. The predicted octanol–water partition coefficient (Wildman–Crippen LogP) is 5.37. The van der Waals surface area contributed by atoms with Crippen molar-refractivity contribution >= 4 is 29.0 Å². The van der Waals surface area contributed by atoms with Gasteiger partial charge in [-0.25, -0.2) is 9.37 Å². The lowest BCUT2D eigenvalue weighted by Gasteiger charge is -2.47. The summed E-state index contributed by atoms with van der Waals surface area (Å²) in [7, 11) is 0. The van der Waals surface area contributed by atoms with Crippen LogP contribution >= 0.6 is 23.2 Å². The van der Waals surface area contributed by atoms with Gasteiger partial charge in [-0.05, 0) is 64.4 Å². The lowest BCUT2D eigenvalue weighted by atomic mass is 9.97. The molecule has 0 unspecified atom stereocenters. The normalized spacial score (nSPS) is 20.1. The molecule has 2 aliphatic heterocycles. The van der Waals surface area contributed by atoms with Crippen LogP contribution in [0.5, 0.6) is 0 Å². The summed E-state index contributed by atoms with van der Waals surface area (Å²) in [6, 6.07) is 7.63. The second kappa shape index (κ2) is 11.7. The minimum atomic E-state index is -1.22. The third kappa shape index (κ3) is 6.38. The smallest absolute Gasteiger partial charge is 0.249 e. The first-order valence-electron chi connectivity index (χ1n) is 13.5. The second-order valence-corrected chi connectivity index (χ2v) is 11.8. The van der Waals surface area contributed by atoms with E-state index in [1.165, 1.54) is 6.07 Å². The summed E-state index contributed by atoms with van der Waals surface area (Å²) in [5.74, 6) is 0.931. The van der Waals surface area contributed by atoms with Gasteiger partial charge in [-0.1, -0.05) is 36.2 Å². The number of aromatic nitrogens is 3. The quantitative estimate of drug-likeness (QED) is 0.402. The number of piperidine rings is 1. The fourth-order valence-electron chi connectivity index (χ4n) is 5.57. The summed E-state index contributed by atoms with van der Waals surface area (Å²) < 4.78 is 19.9. The van der Waals surface area contributed by atoms with Crippen molar-refractivity contribution in [2.24, 2.45) is 0 Å². The Kier molecular flexibility index (Phi) is 8.45. The Morgan fingerprint density at radius 3 is 2.51 bits per heavy atom. The molecule has 0 bridgehead atoms. The molecule has 1 atom stereocenters. The number of likely N-dealkylation sites (tertiary alicyclic amines) is 1. The van der Waals surface area contributed by atoms with Gasteiger partial charge in [0.2, 0.25) is 11.8 Å². The molecule has 0 amide bonds. The lowest BCUT2D eigenvalue weighted by molar-refractivity contribution is 0.0488. The summed E-state index contributed by atoms with van der Waals surface area (Å²) in [6.45, 7) is 10.5. The minimum Gasteiger partial charge on any atom is -0.418 e. The summed E-state index contributed by atoms with van der Waals surface area (Å²) in [5, 5.41) is 19.0. The van der Waals surface area contributed by atoms with Crippen LogP contribution in [0.3, 0.4) is 0 Å². The molecule has 11 heteroatoms. The van der Waals surface area contributed by atoms with E-state index >= 15 is 0 Å². The van der Waals surface area contributed by atoms with Crippen molar-refractivity contribution in [1.29, 1.82) is 0 Å². The van der Waals surface area contributed by atoms with Crippen LogP contribution in [0.15, 0.2) is 34.9 Å². The summed E-state index contributed by atoms with van der Waals surface area (Å²) >= 11 is 12.6. The maximum Gasteiger partial charge on any atom is 0.249 e. The Hall–Kier alpha value is -2.30. The van der Waals surface area contributed by atoms with E-state index < -0.39 is 5.60 Å². The van der Waals surface area contributed by atoms with Crippen molar-refractivity contribution in [2.45, 2.75) is 64.3 Å². The Labute approximate surface area is 238 Å². The number of pyridine rings is 1. The third-order valence-corrected chi connectivity index (χ3v) is 8.26. The molecule has 8 nitrogen and oxygen atoms in total. The fraction of sp³-hybridized carbons (Fsp3) is 0.536. The van der Waals surface area contributed by atoms with E-state index in [2.05, 4.69) is 36.8 Å². The summed E-state index contributed by atoms with van der Waals surface area (Å²) in [6.07, 6.45) is 4.85. The zero-order chi connectivity index (χ0) is 27.7. The van der Waals surface area contributed by atoms with Crippen LogP contribution < -0.4 is 4.90 Å². The highest BCUT2D eigenvalue weighted by Crippen LogP contribution is 2.32. The fourth-order valence-corrected chi connectivity index (χ4v) is 6.02. The average molecular weight is 578 g/mol. The number of piperazine rings is 1. The molecular weight excluding hydrogens is 542 g/mol. The van der Waals surface area contributed by atoms with E-state index in [-0.39, 0.29) is 17.6 Å². The van der Waals surface area contributed by atoms with Gasteiger partial charge in [-0.2, -0.15) is 0 Å². The third-order valence-electron chi connectivity index (χ3n) is 7.75. The molecule has 0 radical (unpaired) electrons. The number of hydrogen-bond acceptors (Lipinski definition) is 8. The van der Waals surface area contributed by atoms with Crippen molar-refractivity contribution in [3.8, 4) is 11.5 Å². The van der Waals surface area contributed by atoms with Crippen molar-refractivity contribution in [1.82, 2.24) is 25.0 Å². The Balaban J connectivity index is 1.19. The van der Waals surface area contributed by atoms with Crippen molar-refractivity contribution < 1.29 is 13.9 Å². The van der Waals surface area contributed by atoms with E-state index in [4.69, 9.17) is 27.6 Å². The highest BCUT2D eigenvalue weighted by Gasteiger charge is 2.34. The van der Waals surface area contributed by atoms with Gasteiger partial charge >= 0.3 is 0 Å². The minimum absolute atomic E-state index is 0.141. The number of anilines is 1. The second-order valence-electron chi connectivity index (χ2n) is 11.0. The molecule has 1 aromatic carbocycles. The SMILES string of the molecule is CC[C@H]1CN(c2ncc(-c3nnc(C(C)(C)O)o3)cc2Cl)CCN1C1CCN(Cc2ccc(Cl)cc2F)CC1. The van der Waals surface area contributed by atoms with Crippen molar-refractivity contribution in [3.05, 3.63) is 57.8 Å². The highest BCUT2D eigenvalue weighted by atomic mass is 35.5. The van der Waals surface area contributed by atoms with E-state index in [1.807, 2.05) is 0 Å². The molecule has 0 saturated carbocycles. The summed E-state index contributed by atoms with van der Waals surface area (Å²) in [4.78, 5) is 11.9. The monoisotopic (exact) mass is 576 g/mol. The first-order chi connectivity index (χ1) is 18.6. The first kappa shape index (κ1) is 28.2. The van der Waals surface area contributed by atoms with E-state index in [0.29, 0.717) is 39.8 Å². The van der Waals surface area contributed by atoms with Gasteiger partial charge in [-0.15, -0.1) is 10.2 Å². The number of benzene rings is 1. The van der Waals surface area contributed by atoms with Crippen LogP contribution in [0.2, 0.25) is 10.0 Å². The molecule has 2 saturated heterocycles. The number of nitrogens with zero attached hydrogens (tertiary/aromatic N) is 6. The van der Waals surface area contributed by atoms with Gasteiger partial charge in [0.1, 0.15) is 17.2 Å². The maximum atomic E-state index is 14.3. The van der Waals surface area contributed by atoms with Gasteiger partial charge in [0.05, 0.1) is 10.6 Å². The van der Waals surface area contributed by atoms with E-state index in [9.17, 15) is 9.50 Å². The first-order valence-corrected chi connectivity index (χ1v) is 14.3. The predicted molar refractivity (Wildman–Crippen MR) is 150 cm³/mol. The largest absolute Gasteiger partial charge is 0.418 e. The van der Waals surface area contributed by atoms with E-state index in [1.54, 1.807) is 38.2 Å². The molecule has 2 aromatic heterocycles. The van der Waals surface area contributed by atoms with Gasteiger partial charge in [0, 0.05) is 55.0 Å². The van der Waals surface area contributed by atoms with Gasteiger partial charge in [0.15, 0.2) is 0 Å². The van der Waals surface area contributed by atoms with Crippen LogP contribution in [0.4, 0.5) is 10.2 Å². The Bertz CT molecular complexity index is 1290. The molecule has 39 heavy (non-hydrogen) atoms. The van der Waals surface area contributed by atoms with Crippen LogP contribution in [-0.2, 0) is 12.1 Å². The van der Waals surface area contributed by atoms with Crippen LogP contribution in [-0.4, -0.2) is 74.9 Å². The number of rotatable bonds is 7. The topological polar surface area (TPSA) is 81.8 Å². The zero-order valence-electron chi connectivity index (χ0n) is 22.6. The Morgan fingerprint density at radius 1 is 1.10 bits per heavy atom. The molecule has 0 aliphatic carbocycles. The number of aliphatic hydroxyl groups is 1. The van der Waals surface area contributed by atoms with Crippen molar-refractivity contribution in [3.63, 3.8) is 0 Å². The number of hydrogen-bond donors (Lipinski definition) is 1. The maximum absolute atomic E-state index is 14.3. The number of halogens is 3. The molecule has 1 N–H and O–H groups in total. The Morgan fingerprint density at radius 2 is 1.87 bits per heavy atom. The molecular formula is C28H35Cl2FN6O2. The summed E-state index contributed by atoms with van der Waals surface area (Å²) in [5.41, 5.74) is 0.0930.